The molecule has 3 aromatic rings. The second-order valence-electron chi connectivity index (χ2n) is 4.67. The van der Waals surface area contributed by atoms with Crippen LogP contribution in [0, 0.1) is 0 Å². The number of fused-ring (bicyclic) bond motifs is 1. The quantitative estimate of drug-likeness (QED) is 0.514. The lowest BCUT2D eigenvalue weighted by Gasteiger charge is -2.08. The molecule has 0 saturated carbocycles. The molecule has 1 aromatic heterocycles. The molecule has 0 aliphatic rings. The molecule has 5 heteroatoms. The van der Waals surface area contributed by atoms with Gasteiger partial charge in [0.25, 0.3) is 0 Å². The van der Waals surface area contributed by atoms with E-state index in [9.17, 15) is 0 Å². The summed E-state index contributed by atoms with van der Waals surface area (Å²) in [6.45, 7) is 2.10. The fourth-order valence-electron chi connectivity index (χ4n) is 2.15. The maximum atomic E-state index is 6.33. The van der Waals surface area contributed by atoms with Crippen molar-refractivity contribution >= 4 is 50.0 Å². The van der Waals surface area contributed by atoms with E-state index in [0.717, 1.165) is 27.4 Å². The molecule has 0 aliphatic carbocycles. The highest BCUT2D eigenvalue weighted by Crippen LogP contribution is 2.31. The van der Waals surface area contributed by atoms with E-state index < -0.39 is 0 Å². The summed E-state index contributed by atoms with van der Waals surface area (Å²) >= 11 is 16.0. The van der Waals surface area contributed by atoms with Crippen molar-refractivity contribution in [3.8, 4) is 11.4 Å². The van der Waals surface area contributed by atoms with Gasteiger partial charge in [-0.1, -0.05) is 52.1 Å². The highest BCUT2D eigenvalue weighted by atomic mass is 79.9. The van der Waals surface area contributed by atoms with Crippen molar-refractivity contribution in [2.75, 3.05) is 0 Å². The summed E-state index contributed by atoms with van der Waals surface area (Å²) < 4.78 is 0.919. The first-order valence-corrected chi connectivity index (χ1v) is 8.05. The van der Waals surface area contributed by atoms with Gasteiger partial charge in [-0.2, -0.15) is 0 Å². The summed E-state index contributed by atoms with van der Waals surface area (Å²) in [7, 11) is 0. The Hall–Kier alpha value is -1.16. The summed E-state index contributed by atoms with van der Waals surface area (Å²) in [6.07, 6.45) is 0.950. The Bertz CT molecular complexity index is 834. The van der Waals surface area contributed by atoms with Gasteiger partial charge in [0, 0.05) is 15.4 Å². The average molecular weight is 382 g/mol. The predicted molar refractivity (Wildman–Crippen MR) is 92.1 cm³/mol. The van der Waals surface area contributed by atoms with E-state index in [1.165, 1.54) is 5.56 Å². The zero-order valence-electron chi connectivity index (χ0n) is 11.2. The first-order valence-electron chi connectivity index (χ1n) is 6.50. The molecule has 0 aliphatic heterocycles. The molecule has 0 saturated heterocycles. The van der Waals surface area contributed by atoms with Gasteiger partial charge in [0.1, 0.15) is 5.15 Å². The van der Waals surface area contributed by atoms with Crippen LogP contribution in [0.4, 0.5) is 0 Å². The van der Waals surface area contributed by atoms with Crippen LogP contribution in [0.1, 0.15) is 12.5 Å². The van der Waals surface area contributed by atoms with Gasteiger partial charge in [-0.3, -0.25) is 0 Å². The molecule has 0 spiro atoms. The van der Waals surface area contributed by atoms with E-state index in [4.69, 9.17) is 23.2 Å². The topological polar surface area (TPSA) is 25.8 Å². The second-order valence-corrected chi connectivity index (χ2v) is 6.35. The van der Waals surface area contributed by atoms with E-state index in [1.807, 2.05) is 30.3 Å². The van der Waals surface area contributed by atoms with Crippen molar-refractivity contribution in [3.63, 3.8) is 0 Å². The normalized spacial score (nSPS) is 11.0. The monoisotopic (exact) mass is 380 g/mol. The summed E-state index contributed by atoms with van der Waals surface area (Å²) in [5.41, 5.74) is 2.79. The lowest BCUT2D eigenvalue weighted by molar-refractivity contribution is 1.14. The molecule has 1 heterocycles. The molecule has 2 nitrogen and oxygen atoms in total. The molecule has 0 fully saturated rings. The summed E-state index contributed by atoms with van der Waals surface area (Å²) in [5.74, 6) is 0.531. The summed E-state index contributed by atoms with van der Waals surface area (Å²) in [4.78, 5) is 8.98. The molecule has 0 radical (unpaired) electrons. The van der Waals surface area contributed by atoms with Crippen LogP contribution in [-0.4, -0.2) is 9.97 Å². The van der Waals surface area contributed by atoms with Gasteiger partial charge in [-0.05, 0) is 42.3 Å². The van der Waals surface area contributed by atoms with Crippen LogP contribution in [0.5, 0.6) is 0 Å². The van der Waals surface area contributed by atoms with Crippen LogP contribution >= 0.6 is 39.1 Å². The molecule has 0 amide bonds. The Balaban J connectivity index is 2.23. The molecular weight excluding hydrogens is 371 g/mol. The van der Waals surface area contributed by atoms with Crippen LogP contribution in [-0.2, 0) is 6.42 Å². The Kier molecular flexibility index (Phi) is 4.16. The molecule has 0 unspecified atom stereocenters. The number of rotatable bonds is 2. The number of benzene rings is 2. The second kappa shape index (κ2) is 5.91. The highest BCUT2D eigenvalue weighted by Gasteiger charge is 2.11. The molecule has 0 atom stereocenters. The van der Waals surface area contributed by atoms with Gasteiger partial charge in [0.15, 0.2) is 5.82 Å². The highest BCUT2D eigenvalue weighted by molar-refractivity contribution is 9.10. The minimum Gasteiger partial charge on any atom is -0.228 e. The number of hydrogen-bond acceptors (Lipinski definition) is 2. The van der Waals surface area contributed by atoms with Crippen LogP contribution in [0.3, 0.4) is 0 Å². The third-order valence-corrected chi connectivity index (χ3v) is 4.40. The molecule has 106 valence electrons. The molecule has 0 N–H and O–H groups in total. The SMILES string of the molecule is CCc1ccc2nc(-c3cc(Br)ccc3Cl)nc(Cl)c2c1. The van der Waals surface area contributed by atoms with Gasteiger partial charge in [-0.15, -0.1) is 0 Å². The Morgan fingerprint density at radius 2 is 1.86 bits per heavy atom. The summed E-state index contributed by atoms with van der Waals surface area (Å²) in [6, 6.07) is 11.6. The van der Waals surface area contributed by atoms with Crippen LogP contribution in [0.15, 0.2) is 40.9 Å². The Morgan fingerprint density at radius 3 is 2.62 bits per heavy atom. The van der Waals surface area contributed by atoms with Crippen molar-refractivity contribution < 1.29 is 0 Å². The van der Waals surface area contributed by atoms with E-state index in [1.54, 1.807) is 0 Å². The molecule has 2 aromatic carbocycles. The lowest BCUT2D eigenvalue weighted by atomic mass is 10.1. The van der Waals surface area contributed by atoms with E-state index in [0.29, 0.717) is 16.0 Å². The maximum absolute atomic E-state index is 6.33. The predicted octanol–water partition coefficient (Wildman–Crippen LogP) is 5.93. The number of hydrogen-bond donors (Lipinski definition) is 0. The number of halogens is 3. The minimum absolute atomic E-state index is 0.446. The fraction of sp³-hybridized carbons (Fsp3) is 0.125. The third kappa shape index (κ3) is 2.91. The Labute approximate surface area is 141 Å². The van der Waals surface area contributed by atoms with Crippen molar-refractivity contribution in [2.24, 2.45) is 0 Å². The van der Waals surface area contributed by atoms with Crippen LogP contribution in [0.25, 0.3) is 22.3 Å². The van der Waals surface area contributed by atoms with E-state index >= 15 is 0 Å². The fourth-order valence-corrected chi connectivity index (χ4v) is 2.94. The van der Waals surface area contributed by atoms with Crippen molar-refractivity contribution in [2.45, 2.75) is 13.3 Å². The Morgan fingerprint density at radius 1 is 1.05 bits per heavy atom. The van der Waals surface area contributed by atoms with E-state index in [-0.39, 0.29) is 0 Å². The van der Waals surface area contributed by atoms with Crippen LogP contribution in [0.2, 0.25) is 10.2 Å². The van der Waals surface area contributed by atoms with Gasteiger partial charge in [0.05, 0.1) is 10.5 Å². The van der Waals surface area contributed by atoms with Gasteiger partial charge >= 0.3 is 0 Å². The lowest BCUT2D eigenvalue weighted by Crippen LogP contribution is -1.94. The summed E-state index contributed by atoms with van der Waals surface area (Å²) in [5, 5.41) is 1.91. The zero-order valence-corrected chi connectivity index (χ0v) is 14.3. The molecule has 21 heavy (non-hydrogen) atoms. The van der Waals surface area contributed by atoms with Crippen molar-refractivity contribution in [1.29, 1.82) is 0 Å². The smallest absolute Gasteiger partial charge is 0.163 e. The van der Waals surface area contributed by atoms with Crippen molar-refractivity contribution in [3.05, 3.63) is 56.6 Å². The van der Waals surface area contributed by atoms with Crippen LogP contribution < -0.4 is 0 Å². The molecule has 0 bridgehead atoms. The average Bonchev–Trinajstić information content (AvgIpc) is 2.49. The number of aryl methyl sites for hydroxylation is 1. The molecule has 3 rings (SSSR count). The van der Waals surface area contributed by atoms with Gasteiger partial charge in [-0.25, -0.2) is 9.97 Å². The number of aromatic nitrogens is 2. The van der Waals surface area contributed by atoms with Gasteiger partial charge in [0.2, 0.25) is 0 Å². The van der Waals surface area contributed by atoms with E-state index in [2.05, 4.69) is 38.9 Å². The zero-order chi connectivity index (χ0) is 15.0. The third-order valence-electron chi connectivity index (χ3n) is 3.29. The molecular formula is C16H11BrCl2N2. The first-order chi connectivity index (χ1) is 10.1. The first kappa shape index (κ1) is 14.8. The van der Waals surface area contributed by atoms with Crippen molar-refractivity contribution in [1.82, 2.24) is 9.97 Å². The largest absolute Gasteiger partial charge is 0.228 e. The maximum Gasteiger partial charge on any atom is 0.163 e. The standard InChI is InChI=1S/C16H11BrCl2N2/c1-2-9-3-6-14-12(7-9)15(19)21-16(20-14)11-8-10(17)4-5-13(11)18/h3-8H,2H2,1H3. The van der Waals surface area contributed by atoms with Gasteiger partial charge < -0.3 is 0 Å². The number of nitrogens with zero attached hydrogens (tertiary/aromatic N) is 2. The minimum atomic E-state index is 0.446.